The Hall–Kier alpha value is -0.830. The first-order valence-corrected chi connectivity index (χ1v) is 4.06. The standard InChI is InChI=1S/C11H9NO.Na.H/c12-11(13)10-7-3-5-8-4-1-2-6-9(8)10;;/h1-7H,(H2,12,13);;/q;+1;-1. The first-order chi connectivity index (χ1) is 6.29. The summed E-state index contributed by atoms with van der Waals surface area (Å²) in [5.41, 5.74) is 5.82. The van der Waals surface area contributed by atoms with Crippen molar-refractivity contribution in [3.63, 3.8) is 0 Å². The van der Waals surface area contributed by atoms with E-state index in [1.165, 1.54) is 0 Å². The van der Waals surface area contributed by atoms with Crippen LogP contribution < -0.4 is 35.3 Å². The van der Waals surface area contributed by atoms with Crippen molar-refractivity contribution >= 4 is 16.7 Å². The van der Waals surface area contributed by atoms with E-state index in [4.69, 9.17) is 5.73 Å². The summed E-state index contributed by atoms with van der Waals surface area (Å²) in [6.07, 6.45) is 0. The fourth-order valence-corrected chi connectivity index (χ4v) is 1.44. The largest absolute Gasteiger partial charge is 1.00 e. The number of benzene rings is 2. The molecular weight excluding hydrogens is 185 g/mol. The number of hydrogen-bond acceptors (Lipinski definition) is 1. The van der Waals surface area contributed by atoms with E-state index in [0.717, 1.165) is 10.8 Å². The number of rotatable bonds is 1. The van der Waals surface area contributed by atoms with E-state index < -0.39 is 0 Å². The Morgan fingerprint density at radius 1 is 1.07 bits per heavy atom. The Balaban J connectivity index is 0.000000980. The Labute approximate surface area is 106 Å². The van der Waals surface area contributed by atoms with Gasteiger partial charge in [-0.2, -0.15) is 0 Å². The van der Waals surface area contributed by atoms with Gasteiger partial charge in [0.15, 0.2) is 0 Å². The number of carbonyl (C=O) groups is 1. The third-order valence-corrected chi connectivity index (χ3v) is 2.06. The second kappa shape index (κ2) is 4.60. The molecule has 2 aromatic rings. The molecule has 0 aliphatic heterocycles. The zero-order valence-electron chi connectivity index (χ0n) is 9.03. The third kappa shape index (κ3) is 1.98. The van der Waals surface area contributed by atoms with Gasteiger partial charge in [0.25, 0.3) is 0 Å². The predicted molar refractivity (Wildman–Crippen MR) is 53.6 cm³/mol. The minimum Gasteiger partial charge on any atom is -1.00 e. The van der Waals surface area contributed by atoms with Crippen molar-refractivity contribution in [1.82, 2.24) is 0 Å². The molecule has 1 amide bonds. The number of primary amides is 1. The van der Waals surface area contributed by atoms with Crippen LogP contribution in [0, 0.1) is 0 Å². The summed E-state index contributed by atoms with van der Waals surface area (Å²) in [5, 5.41) is 1.95. The first kappa shape index (κ1) is 11.2. The Bertz CT molecular complexity index is 468. The molecular formula is C11H10NNaO. The van der Waals surface area contributed by atoms with E-state index in [9.17, 15) is 4.79 Å². The van der Waals surface area contributed by atoms with Gasteiger partial charge < -0.3 is 7.16 Å². The zero-order valence-corrected chi connectivity index (χ0v) is 10.0. The summed E-state index contributed by atoms with van der Waals surface area (Å²) in [6.45, 7) is 0. The van der Waals surface area contributed by atoms with Crippen LogP contribution in [0.5, 0.6) is 0 Å². The van der Waals surface area contributed by atoms with Gasteiger partial charge in [0.2, 0.25) is 5.91 Å². The molecule has 2 aromatic carbocycles. The van der Waals surface area contributed by atoms with Crippen molar-refractivity contribution in [1.29, 1.82) is 0 Å². The topological polar surface area (TPSA) is 43.1 Å². The molecule has 3 heteroatoms. The monoisotopic (exact) mass is 195 g/mol. The van der Waals surface area contributed by atoms with Gasteiger partial charge in [-0.3, -0.25) is 4.79 Å². The maximum absolute atomic E-state index is 11.0. The molecule has 2 nitrogen and oxygen atoms in total. The maximum Gasteiger partial charge on any atom is 1.00 e. The van der Waals surface area contributed by atoms with Crippen LogP contribution in [-0.4, -0.2) is 5.91 Å². The van der Waals surface area contributed by atoms with Crippen molar-refractivity contribution in [2.75, 3.05) is 0 Å². The van der Waals surface area contributed by atoms with Crippen molar-refractivity contribution in [3.8, 4) is 0 Å². The van der Waals surface area contributed by atoms with Gasteiger partial charge in [0.1, 0.15) is 0 Å². The number of carbonyl (C=O) groups excluding carboxylic acids is 1. The molecule has 14 heavy (non-hydrogen) atoms. The van der Waals surface area contributed by atoms with Gasteiger partial charge in [0.05, 0.1) is 0 Å². The average molecular weight is 195 g/mol. The first-order valence-electron chi connectivity index (χ1n) is 4.06. The summed E-state index contributed by atoms with van der Waals surface area (Å²) >= 11 is 0. The summed E-state index contributed by atoms with van der Waals surface area (Å²) in [7, 11) is 0. The second-order valence-corrected chi connectivity index (χ2v) is 2.89. The molecule has 0 aromatic heterocycles. The molecule has 0 fully saturated rings. The minimum absolute atomic E-state index is 0. The number of fused-ring (bicyclic) bond motifs is 1. The van der Waals surface area contributed by atoms with Crippen LogP contribution in [0.1, 0.15) is 11.8 Å². The van der Waals surface area contributed by atoms with E-state index in [1.807, 2.05) is 36.4 Å². The summed E-state index contributed by atoms with van der Waals surface area (Å²) in [5.74, 6) is -0.378. The molecule has 0 spiro atoms. The van der Waals surface area contributed by atoms with Crippen LogP contribution in [0.25, 0.3) is 10.8 Å². The molecule has 2 N–H and O–H groups in total. The quantitative estimate of drug-likeness (QED) is 0.586. The Morgan fingerprint density at radius 3 is 2.43 bits per heavy atom. The molecule has 0 aliphatic rings. The third-order valence-electron chi connectivity index (χ3n) is 2.06. The molecule has 2 rings (SSSR count). The van der Waals surface area contributed by atoms with E-state index in [2.05, 4.69) is 0 Å². The number of nitrogens with two attached hydrogens (primary N) is 1. The van der Waals surface area contributed by atoms with Crippen LogP contribution in [0.4, 0.5) is 0 Å². The summed E-state index contributed by atoms with van der Waals surface area (Å²) < 4.78 is 0. The van der Waals surface area contributed by atoms with Gasteiger partial charge in [-0.1, -0.05) is 36.4 Å². The normalized spacial score (nSPS) is 9.43. The fraction of sp³-hybridized carbons (Fsp3) is 0. The van der Waals surface area contributed by atoms with Gasteiger partial charge in [-0.25, -0.2) is 0 Å². The van der Waals surface area contributed by atoms with Crippen LogP contribution in [-0.2, 0) is 0 Å². The molecule has 0 heterocycles. The zero-order chi connectivity index (χ0) is 9.26. The molecule has 0 unspecified atom stereocenters. The molecule has 0 bridgehead atoms. The molecule has 0 saturated heterocycles. The number of amides is 1. The SMILES string of the molecule is NC(=O)c1cccc2ccccc12.[H-].[Na+]. The van der Waals surface area contributed by atoms with Gasteiger partial charge >= 0.3 is 29.6 Å². The van der Waals surface area contributed by atoms with Crippen molar-refractivity contribution in [2.45, 2.75) is 0 Å². The van der Waals surface area contributed by atoms with Crippen LogP contribution in [0.15, 0.2) is 42.5 Å². The smallest absolute Gasteiger partial charge is 1.00 e. The predicted octanol–water partition coefficient (Wildman–Crippen LogP) is -0.945. The molecule has 66 valence electrons. The number of hydrogen-bond donors (Lipinski definition) is 1. The average Bonchev–Trinajstić information content (AvgIpc) is 2.17. The Morgan fingerprint density at radius 2 is 1.71 bits per heavy atom. The molecule has 0 saturated carbocycles. The van der Waals surface area contributed by atoms with E-state index in [1.54, 1.807) is 6.07 Å². The summed E-state index contributed by atoms with van der Waals surface area (Å²) in [6, 6.07) is 13.2. The Kier molecular flexibility index (Phi) is 3.69. The van der Waals surface area contributed by atoms with E-state index in [-0.39, 0.29) is 36.9 Å². The molecule has 0 radical (unpaired) electrons. The van der Waals surface area contributed by atoms with E-state index in [0.29, 0.717) is 5.56 Å². The summed E-state index contributed by atoms with van der Waals surface area (Å²) in [4.78, 5) is 11.0. The van der Waals surface area contributed by atoms with Crippen molar-refractivity contribution in [3.05, 3.63) is 48.0 Å². The minimum atomic E-state index is -0.378. The second-order valence-electron chi connectivity index (χ2n) is 2.89. The van der Waals surface area contributed by atoms with Gasteiger partial charge in [-0.05, 0) is 16.8 Å². The van der Waals surface area contributed by atoms with Crippen LogP contribution in [0.2, 0.25) is 0 Å². The fourth-order valence-electron chi connectivity index (χ4n) is 1.44. The van der Waals surface area contributed by atoms with Crippen molar-refractivity contribution in [2.24, 2.45) is 5.73 Å². The van der Waals surface area contributed by atoms with Crippen LogP contribution in [0.3, 0.4) is 0 Å². The van der Waals surface area contributed by atoms with Gasteiger partial charge in [-0.15, -0.1) is 0 Å². The van der Waals surface area contributed by atoms with Crippen LogP contribution >= 0.6 is 0 Å². The van der Waals surface area contributed by atoms with Crippen molar-refractivity contribution < 1.29 is 35.8 Å². The molecule has 0 atom stereocenters. The maximum atomic E-state index is 11.0. The van der Waals surface area contributed by atoms with Gasteiger partial charge in [0, 0.05) is 5.56 Å². The molecule has 0 aliphatic carbocycles. The van der Waals surface area contributed by atoms with E-state index >= 15 is 0 Å².